The number of carbonyl (C=O) groups is 2. The average molecular weight is 567 g/mol. The van der Waals surface area contributed by atoms with Crippen molar-refractivity contribution in [3.8, 4) is 0 Å². The van der Waals surface area contributed by atoms with E-state index in [0.29, 0.717) is 12.8 Å². The summed E-state index contributed by atoms with van der Waals surface area (Å²) in [4.78, 5) is 24.1. The molecular weight excluding hydrogens is 500 g/mol. The van der Waals surface area contributed by atoms with Crippen LogP contribution in [-0.2, 0) is 19.1 Å². The number of unbranched alkanes of at least 4 members (excludes halogenated alkanes) is 21. The smallest absolute Gasteiger partial charge is 0.306 e. The number of aliphatic hydroxyl groups excluding tert-OH is 1. The Kier molecular flexibility index (Phi) is 31.1. The Balaban J connectivity index is 3.56. The van der Waals surface area contributed by atoms with Crippen LogP contribution in [0.5, 0.6) is 0 Å². The quantitative estimate of drug-likeness (QED) is 0.0513. The minimum Gasteiger partial charge on any atom is -0.462 e. The molecule has 0 aliphatic carbocycles. The Hall–Kier alpha value is -1.36. The molecule has 40 heavy (non-hydrogen) atoms. The van der Waals surface area contributed by atoms with Gasteiger partial charge in [0.25, 0.3) is 0 Å². The van der Waals surface area contributed by atoms with Gasteiger partial charge in [0.05, 0.1) is 6.61 Å². The second-order valence-electron chi connectivity index (χ2n) is 11.6. The van der Waals surface area contributed by atoms with Crippen LogP contribution in [0.2, 0.25) is 0 Å². The topological polar surface area (TPSA) is 72.8 Å². The van der Waals surface area contributed by atoms with E-state index in [1.807, 2.05) is 0 Å². The molecule has 5 heteroatoms. The fourth-order valence-corrected chi connectivity index (χ4v) is 4.90. The molecule has 0 spiro atoms. The Morgan fingerprint density at radius 1 is 0.550 bits per heavy atom. The van der Waals surface area contributed by atoms with Gasteiger partial charge in [-0.25, -0.2) is 0 Å². The second-order valence-corrected chi connectivity index (χ2v) is 11.6. The molecule has 0 amide bonds. The zero-order chi connectivity index (χ0) is 29.4. The number of allylic oxidation sites excluding steroid dienone is 2. The van der Waals surface area contributed by atoms with Gasteiger partial charge in [0.2, 0.25) is 0 Å². The number of hydrogen-bond donors (Lipinski definition) is 1. The molecule has 0 radical (unpaired) electrons. The standard InChI is InChI=1S/C35H66O5/c1-3-5-7-9-11-13-15-17-19-21-23-25-27-29-34(37)39-32-33(31-36)40-35(38)30-28-26-24-22-20-18-16-14-12-10-8-6-4-2/h12,14,33,36H,3-11,13,15-32H2,1-2H3/b14-12-. The fourth-order valence-electron chi connectivity index (χ4n) is 4.90. The normalized spacial score (nSPS) is 12.2. The first-order valence-corrected chi connectivity index (χ1v) is 17.2. The minimum atomic E-state index is -0.766. The highest BCUT2D eigenvalue weighted by Crippen LogP contribution is 2.14. The third-order valence-corrected chi connectivity index (χ3v) is 7.56. The molecule has 0 saturated carbocycles. The molecular formula is C35H66O5. The summed E-state index contributed by atoms with van der Waals surface area (Å²) in [7, 11) is 0. The largest absolute Gasteiger partial charge is 0.462 e. The van der Waals surface area contributed by atoms with Crippen LogP contribution in [0, 0.1) is 0 Å². The summed E-state index contributed by atoms with van der Waals surface area (Å²) in [6.45, 7) is 4.10. The maximum absolute atomic E-state index is 12.1. The van der Waals surface area contributed by atoms with Gasteiger partial charge in [-0.3, -0.25) is 9.59 Å². The van der Waals surface area contributed by atoms with E-state index in [4.69, 9.17) is 9.47 Å². The molecule has 0 aliphatic heterocycles. The lowest BCUT2D eigenvalue weighted by Gasteiger charge is -2.15. The second kappa shape index (κ2) is 32.2. The van der Waals surface area contributed by atoms with Gasteiger partial charge in [-0.15, -0.1) is 0 Å². The van der Waals surface area contributed by atoms with Crippen LogP contribution in [0.25, 0.3) is 0 Å². The van der Waals surface area contributed by atoms with Gasteiger partial charge in [-0.05, 0) is 38.5 Å². The molecule has 0 rings (SSSR count). The van der Waals surface area contributed by atoms with Crippen molar-refractivity contribution < 1.29 is 24.2 Å². The van der Waals surface area contributed by atoms with Crippen LogP contribution in [-0.4, -0.2) is 36.4 Å². The summed E-state index contributed by atoms with van der Waals surface area (Å²) in [5, 5.41) is 9.50. The lowest BCUT2D eigenvalue weighted by atomic mass is 10.0. The Morgan fingerprint density at radius 3 is 1.40 bits per heavy atom. The molecule has 0 aromatic carbocycles. The molecule has 0 aromatic heterocycles. The molecule has 1 atom stereocenters. The third-order valence-electron chi connectivity index (χ3n) is 7.56. The molecule has 1 unspecified atom stereocenters. The maximum atomic E-state index is 12.1. The summed E-state index contributed by atoms with van der Waals surface area (Å²) in [6, 6.07) is 0. The summed E-state index contributed by atoms with van der Waals surface area (Å²) in [6.07, 6.45) is 34.0. The lowest BCUT2D eigenvalue weighted by Crippen LogP contribution is -2.28. The minimum absolute atomic E-state index is 0.0629. The first-order valence-electron chi connectivity index (χ1n) is 17.2. The maximum Gasteiger partial charge on any atom is 0.306 e. The van der Waals surface area contributed by atoms with E-state index in [-0.39, 0.29) is 25.2 Å². The molecule has 0 heterocycles. The van der Waals surface area contributed by atoms with E-state index in [1.165, 1.54) is 116 Å². The van der Waals surface area contributed by atoms with Crippen molar-refractivity contribution in [2.45, 2.75) is 187 Å². The third kappa shape index (κ3) is 29.6. The monoisotopic (exact) mass is 566 g/mol. The highest BCUT2D eigenvalue weighted by molar-refractivity contribution is 5.70. The highest BCUT2D eigenvalue weighted by atomic mass is 16.6. The number of carbonyl (C=O) groups excluding carboxylic acids is 2. The van der Waals surface area contributed by atoms with Crippen LogP contribution in [0.1, 0.15) is 181 Å². The van der Waals surface area contributed by atoms with E-state index >= 15 is 0 Å². The molecule has 0 fully saturated rings. The van der Waals surface area contributed by atoms with Gasteiger partial charge in [0.15, 0.2) is 6.10 Å². The molecule has 5 nitrogen and oxygen atoms in total. The summed E-state index contributed by atoms with van der Waals surface area (Å²) < 4.78 is 10.5. The zero-order valence-electron chi connectivity index (χ0n) is 26.6. The average Bonchev–Trinajstić information content (AvgIpc) is 2.96. The predicted octanol–water partition coefficient (Wildman–Crippen LogP) is 10.2. The van der Waals surface area contributed by atoms with E-state index in [0.717, 1.165) is 38.5 Å². The van der Waals surface area contributed by atoms with Crippen molar-refractivity contribution in [3.05, 3.63) is 12.2 Å². The van der Waals surface area contributed by atoms with E-state index in [2.05, 4.69) is 26.0 Å². The molecule has 236 valence electrons. The molecule has 1 N–H and O–H groups in total. The first-order chi connectivity index (χ1) is 19.6. The van der Waals surface area contributed by atoms with Gasteiger partial charge in [0.1, 0.15) is 6.61 Å². The predicted molar refractivity (Wildman–Crippen MR) is 168 cm³/mol. The zero-order valence-corrected chi connectivity index (χ0v) is 26.6. The van der Waals surface area contributed by atoms with Crippen LogP contribution >= 0.6 is 0 Å². The van der Waals surface area contributed by atoms with E-state index in [1.54, 1.807) is 0 Å². The molecule has 0 aliphatic rings. The lowest BCUT2D eigenvalue weighted by molar-refractivity contribution is -0.161. The van der Waals surface area contributed by atoms with Gasteiger partial charge in [0, 0.05) is 12.8 Å². The number of rotatable bonds is 31. The number of esters is 2. The van der Waals surface area contributed by atoms with Crippen LogP contribution in [0.3, 0.4) is 0 Å². The van der Waals surface area contributed by atoms with Crippen molar-refractivity contribution in [1.29, 1.82) is 0 Å². The van der Waals surface area contributed by atoms with Gasteiger partial charge in [-0.1, -0.05) is 142 Å². The molecule has 0 aromatic rings. The summed E-state index contributed by atoms with van der Waals surface area (Å²) in [5.74, 6) is -0.593. The number of ether oxygens (including phenoxy) is 2. The summed E-state index contributed by atoms with van der Waals surface area (Å²) in [5.41, 5.74) is 0. The Morgan fingerprint density at radius 2 is 0.925 bits per heavy atom. The first kappa shape index (κ1) is 38.6. The molecule has 0 bridgehead atoms. The van der Waals surface area contributed by atoms with Gasteiger partial charge in [-0.2, -0.15) is 0 Å². The fraction of sp³-hybridized carbons (Fsp3) is 0.886. The van der Waals surface area contributed by atoms with Crippen LogP contribution in [0.4, 0.5) is 0 Å². The van der Waals surface area contributed by atoms with E-state index < -0.39 is 6.10 Å². The van der Waals surface area contributed by atoms with Crippen molar-refractivity contribution >= 4 is 11.9 Å². The van der Waals surface area contributed by atoms with Crippen molar-refractivity contribution in [2.24, 2.45) is 0 Å². The van der Waals surface area contributed by atoms with Crippen molar-refractivity contribution in [1.82, 2.24) is 0 Å². The number of aliphatic hydroxyl groups is 1. The Labute approximate surface area is 248 Å². The van der Waals surface area contributed by atoms with Crippen LogP contribution < -0.4 is 0 Å². The van der Waals surface area contributed by atoms with Crippen molar-refractivity contribution in [3.63, 3.8) is 0 Å². The SMILES string of the molecule is CCCCC/C=C\CCCCCCCCC(=O)OC(CO)COC(=O)CCCCCCCCCCCCCCC. The number of hydrogen-bond acceptors (Lipinski definition) is 5. The highest BCUT2D eigenvalue weighted by Gasteiger charge is 2.16. The summed E-state index contributed by atoms with van der Waals surface area (Å²) >= 11 is 0. The van der Waals surface area contributed by atoms with Crippen molar-refractivity contribution in [2.75, 3.05) is 13.2 Å². The molecule has 0 saturated heterocycles. The Bertz CT molecular complexity index is 574. The van der Waals surface area contributed by atoms with Gasteiger partial charge >= 0.3 is 11.9 Å². The van der Waals surface area contributed by atoms with Crippen LogP contribution in [0.15, 0.2) is 12.2 Å². The van der Waals surface area contributed by atoms with Gasteiger partial charge < -0.3 is 14.6 Å². The van der Waals surface area contributed by atoms with E-state index in [9.17, 15) is 14.7 Å².